The molecule has 4 nitrogen and oxygen atoms in total. The Bertz CT molecular complexity index is 950. The number of ketones is 1. The number of urea groups is 1. The molecule has 0 spiro atoms. The lowest BCUT2D eigenvalue weighted by atomic mass is 10.1. The largest absolute Gasteiger partial charge is 0.418 e. The molecule has 0 fully saturated rings. The molecule has 0 unspecified atom stereocenters. The van der Waals surface area contributed by atoms with E-state index in [1.807, 2.05) is 5.38 Å². The van der Waals surface area contributed by atoms with Crippen LogP contribution in [-0.2, 0) is 12.7 Å². The van der Waals surface area contributed by atoms with Gasteiger partial charge in [-0.05, 0) is 35.7 Å². The van der Waals surface area contributed by atoms with Crippen LogP contribution in [0.25, 0.3) is 0 Å². The summed E-state index contributed by atoms with van der Waals surface area (Å²) < 4.78 is 38.8. The van der Waals surface area contributed by atoms with Crippen molar-refractivity contribution in [1.29, 1.82) is 0 Å². The first-order valence-electron chi connectivity index (χ1n) is 7.71. The molecule has 9 heteroatoms. The maximum Gasteiger partial charge on any atom is 0.418 e. The van der Waals surface area contributed by atoms with E-state index in [2.05, 4.69) is 10.6 Å². The van der Waals surface area contributed by atoms with Gasteiger partial charge in [0.2, 0.25) is 5.78 Å². The fraction of sp³-hybridized carbons (Fsp3) is 0.111. The Morgan fingerprint density at radius 3 is 2.52 bits per heavy atom. The van der Waals surface area contributed by atoms with Gasteiger partial charge in [-0.15, -0.1) is 11.3 Å². The highest BCUT2D eigenvalue weighted by Crippen LogP contribution is 2.34. The van der Waals surface area contributed by atoms with Gasteiger partial charge < -0.3 is 10.6 Å². The summed E-state index contributed by atoms with van der Waals surface area (Å²) in [6.45, 7) is 0.0988. The van der Waals surface area contributed by atoms with E-state index >= 15 is 0 Å². The molecule has 140 valence electrons. The second kappa shape index (κ2) is 7.93. The molecule has 2 aromatic heterocycles. The minimum Gasteiger partial charge on any atom is -0.333 e. The molecule has 0 bridgehead atoms. The highest BCUT2D eigenvalue weighted by molar-refractivity contribution is 7.14. The van der Waals surface area contributed by atoms with Crippen LogP contribution in [0.1, 0.15) is 25.7 Å². The molecule has 3 rings (SSSR count). The molecule has 2 heterocycles. The van der Waals surface area contributed by atoms with Crippen molar-refractivity contribution in [2.45, 2.75) is 12.7 Å². The van der Waals surface area contributed by atoms with Gasteiger partial charge in [0.1, 0.15) is 0 Å². The average Bonchev–Trinajstić information content (AvgIpc) is 3.31. The number of halogens is 3. The highest BCUT2D eigenvalue weighted by atomic mass is 32.1. The van der Waals surface area contributed by atoms with Gasteiger partial charge in [0.05, 0.1) is 22.7 Å². The number of nitrogens with one attached hydrogen (secondary N) is 2. The number of anilines is 1. The number of carbonyl (C=O) groups excluding carboxylic acids is 2. The third-order valence-corrected chi connectivity index (χ3v) is 5.34. The smallest absolute Gasteiger partial charge is 0.333 e. The lowest BCUT2D eigenvalue weighted by molar-refractivity contribution is -0.136. The Labute approximate surface area is 160 Å². The summed E-state index contributed by atoms with van der Waals surface area (Å²) >= 11 is 2.65. The molecule has 3 aromatic rings. The van der Waals surface area contributed by atoms with Gasteiger partial charge in [-0.2, -0.15) is 24.5 Å². The summed E-state index contributed by atoms with van der Waals surface area (Å²) in [5.74, 6) is -0.101. The molecule has 2 amide bonds. The second-order valence-corrected chi connectivity index (χ2v) is 7.41. The fourth-order valence-corrected chi connectivity index (χ4v) is 3.85. The van der Waals surface area contributed by atoms with Crippen molar-refractivity contribution < 1.29 is 22.8 Å². The van der Waals surface area contributed by atoms with E-state index in [1.54, 1.807) is 23.6 Å². The van der Waals surface area contributed by atoms with Crippen LogP contribution >= 0.6 is 22.7 Å². The van der Waals surface area contributed by atoms with Crippen molar-refractivity contribution in [1.82, 2.24) is 5.32 Å². The van der Waals surface area contributed by atoms with E-state index in [1.165, 1.54) is 40.9 Å². The van der Waals surface area contributed by atoms with Crippen molar-refractivity contribution in [2.75, 3.05) is 5.32 Å². The maximum absolute atomic E-state index is 12.9. The third kappa shape index (κ3) is 4.75. The van der Waals surface area contributed by atoms with Gasteiger partial charge in [-0.1, -0.05) is 12.1 Å². The molecule has 0 aliphatic rings. The van der Waals surface area contributed by atoms with Crippen LogP contribution < -0.4 is 10.6 Å². The van der Waals surface area contributed by atoms with Gasteiger partial charge in [-0.3, -0.25) is 4.79 Å². The average molecular weight is 410 g/mol. The number of hydrogen-bond acceptors (Lipinski definition) is 4. The fourth-order valence-electron chi connectivity index (χ4n) is 2.30. The number of benzene rings is 1. The van der Waals surface area contributed by atoms with E-state index < -0.39 is 17.8 Å². The van der Waals surface area contributed by atoms with Gasteiger partial charge in [0.25, 0.3) is 0 Å². The quantitative estimate of drug-likeness (QED) is 0.555. The lowest BCUT2D eigenvalue weighted by Gasteiger charge is -2.13. The number of para-hydroxylation sites is 1. The zero-order chi connectivity index (χ0) is 19.4. The normalized spacial score (nSPS) is 11.2. The third-order valence-electron chi connectivity index (χ3n) is 3.57. The van der Waals surface area contributed by atoms with Crippen LogP contribution in [0.15, 0.2) is 53.2 Å². The zero-order valence-electron chi connectivity index (χ0n) is 13.7. The summed E-state index contributed by atoms with van der Waals surface area (Å²) in [7, 11) is 0. The van der Waals surface area contributed by atoms with Gasteiger partial charge in [0.15, 0.2) is 0 Å². The van der Waals surface area contributed by atoms with Crippen molar-refractivity contribution in [2.24, 2.45) is 0 Å². The second-order valence-electron chi connectivity index (χ2n) is 5.46. The minimum absolute atomic E-state index is 0.0988. The Balaban J connectivity index is 1.60. The molecule has 0 radical (unpaired) electrons. The van der Waals surface area contributed by atoms with E-state index in [4.69, 9.17) is 0 Å². The van der Waals surface area contributed by atoms with E-state index in [0.717, 1.165) is 6.07 Å². The van der Waals surface area contributed by atoms with Crippen LogP contribution in [0.4, 0.5) is 23.7 Å². The van der Waals surface area contributed by atoms with E-state index in [9.17, 15) is 22.8 Å². The van der Waals surface area contributed by atoms with Crippen LogP contribution in [0.2, 0.25) is 0 Å². The SMILES string of the molecule is O=C(NCc1ccc(C(=O)c2ccsc2)s1)Nc1ccccc1C(F)(F)F. The van der Waals surface area contributed by atoms with Crippen molar-refractivity contribution in [3.05, 3.63) is 74.1 Å². The monoisotopic (exact) mass is 410 g/mol. The molecular weight excluding hydrogens is 397 g/mol. The van der Waals surface area contributed by atoms with Crippen molar-refractivity contribution in [3.8, 4) is 0 Å². The number of hydrogen-bond donors (Lipinski definition) is 2. The number of amides is 2. The predicted molar refractivity (Wildman–Crippen MR) is 99.4 cm³/mol. The summed E-state index contributed by atoms with van der Waals surface area (Å²) in [5, 5.41) is 8.27. The number of rotatable bonds is 5. The Morgan fingerprint density at radius 2 is 1.81 bits per heavy atom. The number of thiophene rings is 2. The summed E-state index contributed by atoms with van der Waals surface area (Å²) in [6, 6.07) is 9.09. The van der Waals surface area contributed by atoms with Crippen LogP contribution in [0.3, 0.4) is 0 Å². The molecule has 0 saturated carbocycles. The zero-order valence-corrected chi connectivity index (χ0v) is 15.3. The van der Waals surface area contributed by atoms with Crippen molar-refractivity contribution >= 4 is 40.2 Å². The molecule has 0 aliphatic carbocycles. The molecule has 1 aromatic carbocycles. The van der Waals surface area contributed by atoms with E-state index in [-0.39, 0.29) is 18.0 Å². The Kier molecular flexibility index (Phi) is 5.62. The van der Waals surface area contributed by atoms with Crippen LogP contribution in [0, 0.1) is 0 Å². The van der Waals surface area contributed by atoms with Crippen molar-refractivity contribution in [3.63, 3.8) is 0 Å². The first kappa shape index (κ1) is 19.1. The Morgan fingerprint density at radius 1 is 1.04 bits per heavy atom. The number of alkyl halides is 3. The Hall–Kier alpha value is -2.65. The molecule has 0 saturated heterocycles. The molecular formula is C18H13F3N2O2S2. The predicted octanol–water partition coefficient (Wildman–Crippen LogP) is 5.38. The van der Waals surface area contributed by atoms with Crippen LogP contribution in [-0.4, -0.2) is 11.8 Å². The molecule has 0 aliphatic heterocycles. The topological polar surface area (TPSA) is 58.2 Å². The molecule has 27 heavy (non-hydrogen) atoms. The number of carbonyl (C=O) groups is 2. The lowest BCUT2D eigenvalue weighted by Crippen LogP contribution is -2.28. The first-order chi connectivity index (χ1) is 12.8. The van der Waals surface area contributed by atoms with Gasteiger partial charge in [-0.25, -0.2) is 4.79 Å². The molecule has 2 N–H and O–H groups in total. The first-order valence-corrected chi connectivity index (χ1v) is 9.47. The van der Waals surface area contributed by atoms with Gasteiger partial charge >= 0.3 is 12.2 Å². The summed E-state index contributed by atoms with van der Waals surface area (Å²) in [5.41, 5.74) is -0.634. The summed E-state index contributed by atoms with van der Waals surface area (Å²) in [4.78, 5) is 25.4. The minimum atomic E-state index is -4.56. The van der Waals surface area contributed by atoms with Gasteiger partial charge in [0, 0.05) is 15.8 Å². The highest BCUT2D eigenvalue weighted by Gasteiger charge is 2.33. The maximum atomic E-state index is 12.9. The molecule has 0 atom stereocenters. The standard InChI is InChI=1S/C18H13F3N2O2S2/c19-18(20,21)13-3-1-2-4-14(13)23-17(25)22-9-12-5-6-15(27-12)16(24)11-7-8-26-10-11/h1-8,10H,9H2,(H2,22,23,25). The van der Waals surface area contributed by atoms with E-state index in [0.29, 0.717) is 15.3 Å². The summed E-state index contributed by atoms with van der Waals surface area (Å²) in [6.07, 6.45) is -4.56. The van der Waals surface area contributed by atoms with Crippen LogP contribution in [0.5, 0.6) is 0 Å².